The molecule has 21 heavy (non-hydrogen) atoms. The molecule has 0 aromatic carbocycles. The number of carboxylic acid groups (broad SMARTS) is 1. The number of hydrogen-bond acceptors (Lipinski definition) is 3. The van der Waals surface area contributed by atoms with Crippen LogP contribution in [0.4, 0.5) is 0 Å². The Morgan fingerprint density at radius 3 is 2.52 bits per heavy atom. The molecule has 3 N–H and O–H groups in total. The summed E-state index contributed by atoms with van der Waals surface area (Å²) in [6.07, 6.45) is 4.71. The Hall–Kier alpha value is -1.10. The first-order valence-corrected chi connectivity index (χ1v) is 8.14. The molecule has 0 aromatic heterocycles. The van der Waals surface area contributed by atoms with E-state index in [1.807, 2.05) is 13.8 Å². The average molecular weight is 296 g/mol. The van der Waals surface area contributed by atoms with Gasteiger partial charge in [0.05, 0.1) is 5.41 Å². The van der Waals surface area contributed by atoms with Crippen LogP contribution in [0.1, 0.15) is 46.0 Å². The molecule has 2 aliphatic rings. The maximum absolute atomic E-state index is 12.8. The maximum atomic E-state index is 12.8. The molecule has 5 nitrogen and oxygen atoms in total. The minimum absolute atomic E-state index is 0.000470. The normalized spacial score (nSPS) is 33.4. The predicted molar refractivity (Wildman–Crippen MR) is 80.6 cm³/mol. The second-order valence-electron chi connectivity index (χ2n) is 7.01. The summed E-state index contributed by atoms with van der Waals surface area (Å²) in [4.78, 5) is 26.2. The van der Waals surface area contributed by atoms with E-state index in [9.17, 15) is 14.7 Å². The zero-order chi connectivity index (χ0) is 15.6. The molecule has 0 spiro atoms. The van der Waals surface area contributed by atoms with Gasteiger partial charge in [0.25, 0.3) is 0 Å². The highest BCUT2D eigenvalue weighted by Gasteiger charge is 2.49. The number of rotatable bonds is 4. The molecule has 120 valence electrons. The quantitative estimate of drug-likeness (QED) is 0.827. The zero-order valence-corrected chi connectivity index (χ0v) is 13.2. The van der Waals surface area contributed by atoms with Crippen LogP contribution in [0.15, 0.2) is 0 Å². The smallest absolute Gasteiger partial charge is 0.311 e. The van der Waals surface area contributed by atoms with Gasteiger partial charge in [-0.2, -0.15) is 0 Å². The molecule has 1 aliphatic carbocycles. The van der Waals surface area contributed by atoms with Crippen LogP contribution in [0, 0.1) is 23.2 Å². The van der Waals surface area contributed by atoms with Gasteiger partial charge in [0, 0.05) is 19.0 Å². The largest absolute Gasteiger partial charge is 0.481 e. The molecule has 3 atom stereocenters. The van der Waals surface area contributed by atoms with Gasteiger partial charge < -0.3 is 15.7 Å². The van der Waals surface area contributed by atoms with E-state index in [0.29, 0.717) is 26.1 Å². The minimum atomic E-state index is -0.775. The molecule has 0 aromatic rings. The summed E-state index contributed by atoms with van der Waals surface area (Å²) in [6.45, 7) is 5.35. The molecule has 3 unspecified atom stereocenters. The number of nitrogens with two attached hydrogens (primary N) is 1. The van der Waals surface area contributed by atoms with Crippen LogP contribution in [-0.4, -0.2) is 41.5 Å². The lowest BCUT2D eigenvalue weighted by molar-refractivity contribution is -0.151. The Bertz CT molecular complexity index is 410. The first-order valence-electron chi connectivity index (χ1n) is 8.14. The van der Waals surface area contributed by atoms with Crippen LogP contribution in [0.5, 0.6) is 0 Å². The first-order chi connectivity index (χ1) is 9.92. The van der Waals surface area contributed by atoms with E-state index in [0.717, 1.165) is 25.7 Å². The van der Waals surface area contributed by atoms with Crippen LogP contribution in [0.2, 0.25) is 0 Å². The van der Waals surface area contributed by atoms with Gasteiger partial charge in [-0.05, 0) is 37.6 Å². The first kappa shape index (κ1) is 16.3. The topological polar surface area (TPSA) is 83.6 Å². The summed E-state index contributed by atoms with van der Waals surface area (Å²) in [7, 11) is 0. The van der Waals surface area contributed by atoms with Crippen molar-refractivity contribution in [3.63, 3.8) is 0 Å². The Morgan fingerprint density at radius 2 is 2.00 bits per heavy atom. The molecule has 2 rings (SSSR count). The van der Waals surface area contributed by atoms with Gasteiger partial charge in [-0.1, -0.05) is 26.7 Å². The van der Waals surface area contributed by atoms with Gasteiger partial charge in [-0.3, -0.25) is 9.59 Å². The predicted octanol–water partition coefficient (Wildman–Crippen LogP) is 1.71. The second kappa shape index (κ2) is 6.34. The van der Waals surface area contributed by atoms with Gasteiger partial charge in [0.2, 0.25) is 5.91 Å². The highest BCUT2D eigenvalue weighted by Crippen LogP contribution is 2.40. The van der Waals surface area contributed by atoms with E-state index < -0.39 is 11.4 Å². The molecule has 1 saturated carbocycles. The van der Waals surface area contributed by atoms with Crippen LogP contribution < -0.4 is 5.73 Å². The molecular formula is C16H28N2O3. The van der Waals surface area contributed by atoms with Gasteiger partial charge in [-0.25, -0.2) is 0 Å². The fourth-order valence-electron chi connectivity index (χ4n) is 3.96. The van der Waals surface area contributed by atoms with Crippen molar-refractivity contribution in [2.24, 2.45) is 28.9 Å². The second-order valence-corrected chi connectivity index (χ2v) is 7.01. The van der Waals surface area contributed by atoms with Crippen LogP contribution in [-0.2, 0) is 9.59 Å². The number of carbonyl (C=O) groups excluding carboxylic acids is 1. The van der Waals surface area contributed by atoms with Crippen molar-refractivity contribution in [2.75, 3.05) is 19.6 Å². The monoisotopic (exact) mass is 296 g/mol. The van der Waals surface area contributed by atoms with Crippen molar-refractivity contribution < 1.29 is 14.7 Å². The lowest BCUT2D eigenvalue weighted by atomic mass is 9.76. The highest BCUT2D eigenvalue weighted by molar-refractivity contribution is 5.82. The Kier molecular flexibility index (Phi) is 4.91. The van der Waals surface area contributed by atoms with Gasteiger partial charge in [-0.15, -0.1) is 0 Å². The number of carboxylic acids is 1. The number of aliphatic carboxylic acids is 1. The molecular weight excluding hydrogens is 268 g/mol. The zero-order valence-electron chi connectivity index (χ0n) is 13.2. The molecule has 0 radical (unpaired) electrons. The van der Waals surface area contributed by atoms with Crippen LogP contribution in [0.3, 0.4) is 0 Å². The fraction of sp³-hybridized carbons (Fsp3) is 0.875. The number of hydrogen-bond donors (Lipinski definition) is 2. The van der Waals surface area contributed by atoms with E-state index in [-0.39, 0.29) is 23.7 Å². The van der Waals surface area contributed by atoms with Crippen molar-refractivity contribution >= 4 is 11.9 Å². The van der Waals surface area contributed by atoms with Crippen molar-refractivity contribution in [1.29, 1.82) is 0 Å². The number of nitrogens with zero attached hydrogens (tertiary/aromatic N) is 1. The molecule has 1 amide bonds. The van der Waals surface area contributed by atoms with E-state index in [2.05, 4.69) is 0 Å². The summed E-state index contributed by atoms with van der Waals surface area (Å²) < 4.78 is 0. The van der Waals surface area contributed by atoms with Crippen LogP contribution >= 0.6 is 0 Å². The fourth-order valence-corrected chi connectivity index (χ4v) is 3.96. The van der Waals surface area contributed by atoms with E-state index >= 15 is 0 Å². The summed E-state index contributed by atoms with van der Waals surface area (Å²) >= 11 is 0. The Labute approximate surface area is 126 Å². The van der Waals surface area contributed by atoms with E-state index in [1.54, 1.807) is 4.90 Å². The molecule has 1 heterocycles. The molecule has 0 bridgehead atoms. The van der Waals surface area contributed by atoms with Gasteiger partial charge in [0.15, 0.2) is 0 Å². The molecule has 2 fully saturated rings. The highest BCUT2D eigenvalue weighted by atomic mass is 16.4. The lowest BCUT2D eigenvalue weighted by Gasteiger charge is -2.34. The van der Waals surface area contributed by atoms with Crippen molar-refractivity contribution in [3.8, 4) is 0 Å². The summed E-state index contributed by atoms with van der Waals surface area (Å²) in [6, 6.07) is 0. The van der Waals surface area contributed by atoms with Crippen molar-refractivity contribution in [3.05, 3.63) is 0 Å². The Morgan fingerprint density at radius 1 is 1.33 bits per heavy atom. The van der Waals surface area contributed by atoms with Gasteiger partial charge in [0.1, 0.15) is 0 Å². The number of amides is 1. The maximum Gasteiger partial charge on any atom is 0.311 e. The van der Waals surface area contributed by atoms with E-state index in [4.69, 9.17) is 5.73 Å². The lowest BCUT2D eigenvalue weighted by Crippen LogP contribution is -2.44. The number of carbonyl (C=O) groups is 2. The molecule has 5 heteroatoms. The standard InChI is InChI=1S/C16H28N2O3/c1-11(2)16(15(20)21)7-8-18(10-16)14(19)13-6-4-3-5-12(13)9-17/h11-13H,3-10,17H2,1-2H3,(H,20,21). The van der Waals surface area contributed by atoms with Gasteiger partial charge >= 0.3 is 5.97 Å². The third-order valence-electron chi connectivity index (χ3n) is 5.67. The van der Waals surface area contributed by atoms with Crippen molar-refractivity contribution in [1.82, 2.24) is 4.90 Å². The van der Waals surface area contributed by atoms with Crippen molar-refractivity contribution in [2.45, 2.75) is 46.0 Å². The SMILES string of the molecule is CC(C)C1(C(=O)O)CCN(C(=O)C2CCCCC2CN)C1. The third-order valence-corrected chi connectivity index (χ3v) is 5.67. The van der Waals surface area contributed by atoms with E-state index in [1.165, 1.54) is 0 Å². The Balaban J connectivity index is 2.09. The molecule has 1 saturated heterocycles. The average Bonchev–Trinajstić information content (AvgIpc) is 2.93. The summed E-state index contributed by atoms with van der Waals surface area (Å²) in [5.74, 6) is -0.337. The number of likely N-dealkylation sites (tertiary alicyclic amines) is 1. The summed E-state index contributed by atoms with van der Waals surface area (Å²) in [5, 5.41) is 9.58. The summed E-state index contributed by atoms with van der Waals surface area (Å²) in [5.41, 5.74) is 5.04. The minimum Gasteiger partial charge on any atom is -0.481 e. The van der Waals surface area contributed by atoms with Crippen LogP contribution in [0.25, 0.3) is 0 Å². The molecule has 1 aliphatic heterocycles. The third kappa shape index (κ3) is 2.93.